The minimum Gasteiger partial charge on any atom is -0.475 e. The van der Waals surface area contributed by atoms with Gasteiger partial charge in [-0.15, -0.1) is 0 Å². The maximum Gasteiger partial charge on any atom is 0.490 e. The highest BCUT2D eigenvalue weighted by molar-refractivity contribution is 5.73. The van der Waals surface area contributed by atoms with E-state index in [0.717, 1.165) is 52.1 Å². The molecular formula is C19H27F3N2O4. The molecule has 2 aliphatic rings. The van der Waals surface area contributed by atoms with Crippen LogP contribution in [0.4, 0.5) is 13.2 Å². The molecule has 1 spiro atoms. The summed E-state index contributed by atoms with van der Waals surface area (Å²) in [4.78, 5) is 15.6. The summed E-state index contributed by atoms with van der Waals surface area (Å²) in [7, 11) is 1.79. The third-order valence-electron chi connectivity index (χ3n) is 5.34. The van der Waals surface area contributed by atoms with E-state index in [0.29, 0.717) is 5.92 Å². The van der Waals surface area contributed by atoms with Crippen LogP contribution in [0.2, 0.25) is 0 Å². The van der Waals surface area contributed by atoms with Gasteiger partial charge in [-0.25, -0.2) is 4.79 Å². The lowest BCUT2D eigenvalue weighted by Gasteiger charge is -2.42. The smallest absolute Gasteiger partial charge is 0.475 e. The molecule has 0 bridgehead atoms. The summed E-state index contributed by atoms with van der Waals surface area (Å²) in [5.74, 6) is -2.08. The van der Waals surface area contributed by atoms with Gasteiger partial charge in [0.25, 0.3) is 0 Å². The summed E-state index contributed by atoms with van der Waals surface area (Å²) in [6, 6.07) is 4.17. The van der Waals surface area contributed by atoms with Crippen molar-refractivity contribution in [3.05, 3.63) is 30.1 Å². The largest absolute Gasteiger partial charge is 0.490 e. The number of likely N-dealkylation sites (tertiary alicyclic amines) is 1. The van der Waals surface area contributed by atoms with Crippen LogP contribution in [0.15, 0.2) is 24.5 Å². The van der Waals surface area contributed by atoms with Gasteiger partial charge in [0.1, 0.15) is 0 Å². The predicted molar refractivity (Wildman–Crippen MR) is 95.7 cm³/mol. The number of carboxylic acid groups (broad SMARTS) is 1. The van der Waals surface area contributed by atoms with E-state index < -0.39 is 12.1 Å². The fraction of sp³-hybridized carbons (Fsp3) is 0.684. The molecule has 158 valence electrons. The fourth-order valence-corrected chi connectivity index (χ4v) is 3.84. The molecule has 0 saturated carbocycles. The molecule has 1 atom stereocenters. The van der Waals surface area contributed by atoms with Crippen LogP contribution in [-0.4, -0.2) is 66.2 Å². The van der Waals surface area contributed by atoms with Crippen LogP contribution in [0, 0.1) is 5.92 Å². The van der Waals surface area contributed by atoms with Gasteiger partial charge in [0.2, 0.25) is 0 Å². The summed E-state index contributed by atoms with van der Waals surface area (Å²) in [5.41, 5.74) is 1.43. The summed E-state index contributed by atoms with van der Waals surface area (Å²) in [6.45, 7) is 5.04. The van der Waals surface area contributed by atoms with Gasteiger partial charge in [0.05, 0.1) is 5.60 Å². The Balaban J connectivity index is 0.000000345. The van der Waals surface area contributed by atoms with E-state index >= 15 is 0 Å². The zero-order valence-corrected chi connectivity index (χ0v) is 16.0. The van der Waals surface area contributed by atoms with Crippen LogP contribution in [-0.2, 0) is 20.8 Å². The van der Waals surface area contributed by atoms with E-state index in [-0.39, 0.29) is 5.60 Å². The number of aliphatic carboxylic acids is 1. The molecule has 2 saturated heterocycles. The Kier molecular flexibility index (Phi) is 8.21. The number of aromatic nitrogens is 1. The Morgan fingerprint density at radius 2 is 2.11 bits per heavy atom. The second-order valence-corrected chi connectivity index (χ2v) is 7.12. The second kappa shape index (κ2) is 10.2. The number of hydrogen-bond donors (Lipinski definition) is 1. The summed E-state index contributed by atoms with van der Waals surface area (Å²) in [6.07, 6.45) is 3.37. The Bertz CT molecular complexity index is 605. The number of pyridine rings is 1. The summed E-state index contributed by atoms with van der Waals surface area (Å²) >= 11 is 0. The molecule has 0 amide bonds. The van der Waals surface area contributed by atoms with Gasteiger partial charge in [-0.3, -0.25) is 9.88 Å². The van der Waals surface area contributed by atoms with Crippen molar-refractivity contribution in [2.24, 2.45) is 5.92 Å². The summed E-state index contributed by atoms with van der Waals surface area (Å²) < 4.78 is 43.2. The zero-order chi connectivity index (χ0) is 20.6. The minimum absolute atomic E-state index is 0.129. The quantitative estimate of drug-likeness (QED) is 0.813. The SMILES string of the molecule is COCCC1CCOC12CCN(Cc1cccnc1)CC2.O=C(O)C(F)(F)F. The first-order valence-electron chi connectivity index (χ1n) is 9.31. The fourth-order valence-electron chi connectivity index (χ4n) is 3.84. The van der Waals surface area contributed by atoms with Crippen molar-refractivity contribution in [1.82, 2.24) is 9.88 Å². The van der Waals surface area contributed by atoms with Crippen LogP contribution in [0.5, 0.6) is 0 Å². The molecule has 1 unspecified atom stereocenters. The Morgan fingerprint density at radius 3 is 2.64 bits per heavy atom. The number of alkyl halides is 3. The van der Waals surface area contributed by atoms with Crippen LogP contribution >= 0.6 is 0 Å². The number of carbonyl (C=O) groups is 1. The molecule has 3 rings (SSSR count). The van der Waals surface area contributed by atoms with Crippen LogP contribution < -0.4 is 0 Å². The molecule has 0 radical (unpaired) electrons. The molecule has 2 fully saturated rings. The highest BCUT2D eigenvalue weighted by Gasteiger charge is 2.45. The lowest BCUT2D eigenvalue weighted by molar-refractivity contribution is -0.192. The molecule has 3 heterocycles. The van der Waals surface area contributed by atoms with E-state index in [1.54, 1.807) is 7.11 Å². The second-order valence-electron chi connectivity index (χ2n) is 7.12. The number of piperidine rings is 1. The topological polar surface area (TPSA) is 71.9 Å². The molecule has 1 N–H and O–H groups in total. The number of carboxylic acids is 1. The first kappa shape index (κ1) is 22.6. The Morgan fingerprint density at radius 1 is 1.43 bits per heavy atom. The number of halogens is 3. The van der Waals surface area contributed by atoms with E-state index in [4.69, 9.17) is 19.4 Å². The van der Waals surface area contributed by atoms with Crippen molar-refractivity contribution in [2.75, 3.05) is 33.4 Å². The van der Waals surface area contributed by atoms with Crippen molar-refractivity contribution >= 4 is 5.97 Å². The third-order valence-corrected chi connectivity index (χ3v) is 5.34. The van der Waals surface area contributed by atoms with E-state index in [1.807, 2.05) is 18.5 Å². The van der Waals surface area contributed by atoms with Crippen molar-refractivity contribution in [3.63, 3.8) is 0 Å². The normalized spacial score (nSPS) is 21.9. The number of rotatable bonds is 5. The molecule has 6 nitrogen and oxygen atoms in total. The van der Waals surface area contributed by atoms with Crippen LogP contribution in [0.1, 0.15) is 31.2 Å². The highest BCUT2D eigenvalue weighted by atomic mass is 19.4. The maximum absolute atomic E-state index is 10.6. The van der Waals surface area contributed by atoms with Gasteiger partial charge in [-0.1, -0.05) is 6.07 Å². The van der Waals surface area contributed by atoms with Gasteiger partial charge in [-0.2, -0.15) is 13.2 Å². The molecular weight excluding hydrogens is 377 g/mol. The van der Waals surface area contributed by atoms with Crippen LogP contribution in [0.25, 0.3) is 0 Å². The van der Waals surface area contributed by atoms with E-state index in [1.165, 1.54) is 12.0 Å². The first-order chi connectivity index (χ1) is 13.3. The van der Waals surface area contributed by atoms with Crippen molar-refractivity contribution in [3.8, 4) is 0 Å². The van der Waals surface area contributed by atoms with E-state index in [2.05, 4.69) is 16.0 Å². The maximum atomic E-state index is 10.6. The molecule has 0 aliphatic carbocycles. The lowest BCUT2D eigenvalue weighted by atomic mass is 9.78. The third kappa shape index (κ3) is 6.42. The molecule has 0 aromatic carbocycles. The van der Waals surface area contributed by atoms with Gasteiger partial charge in [0, 0.05) is 52.4 Å². The first-order valence-corrected chi connectivity index (χ1v) is 9.31. The molecule has 2 aliphatic heterocycles. The molecule has 1 aromatic heterocycles. The molecule has 1 aromatic rings. The Hall–Kier alpha value is -1.71. The molecule has 28 heavy (non-hydrogen) atoms. The van der Waals surface area contributed by atoms with Crippen molar-refractivity contribution in [1.29, 1.82) is 0 Å². The average Bonchev–Trinajstić information content (AvgIpc) is 3.05. The predicted octanol–water partition coefficient (Wildman–Crippen LogP) is 3.12. The number of methoxy groups -OCH3 is 1. The Labute approximate surface area is 162 Å². The minimum atomic E-state index is -5.08. The van der Waals surface area contributed by atoms with Gasteiger partial charge in [0.15, 0.2) is 0 Å². The highest BCUT2D eigenvalue weighted by Crippen LogP contribution is 2.42. The standard InChI is InChI=1S/C17H26N2O2.C2HF3O2/c1-20-11-4-16-5-12-21-17(16)6-9-19(10-7-17)14-15-3-2-8-18-13-15;3-2(4,5)1(6)7/h2-3,8,13,16H,4-7,9-12,14H2,1H3;(H,6,7). The van der Waals surface area contributed by atoms with Gasteiger partial charge >= 0.3 is 12.1 Å². The number of hydrogen-bond acceptors (Lipinski definition) is 5. The monoisotopic (exact) mass is 404 g/mol. The average molecular weight is 404 g/mol. The van der Waals surface area contributed by atoms with E-state index in [9.17, 15) is 13.2 Å². The zero-order valence-electron chi connectivity index (χ0n) is 16.0. The molecule has 9 heteroatoms. The van der Waals surface area contributed by atoms with Crippen molar-refractivity contribution in [2.45, 2.75) is 44.0 Å². The van der Waals surface area contributed by atoms with Gasteiger partial charge < -0.3 is 14.6 Å². The lowest BCUT2D eigenvalue weighted by Crippen LogP contribution is -2.47. The van der Waals surface area contributed by atoms with Crippen molar-refractivity contribution < 1.29 is 32.5 Å². The number of nitrogens with zero attached hydrogens (tertiary/aromatic N) is 2. The summed E-state index contributed by atoms with van der Waals surface area (Å²) in [5, 5.41) is 7.12. The number of ether oxygens (including phenoxy) is 2. The van der Waals surface area contributed by atoms with Gasteiger partial charge in [-0.05, 0) is 43.2 Å². The van der Waals surface area contributed by atoms with Crippen LogP contribution in [0.3, 0.4) is 0 Å².